The fourth-order valence-corrected chi connectivity index (χ4v) is 1.54. The molecule has 0 aliphatic rings. The lowest BCUT2D eigenvalue weighted by Gasteiger charge is -2.06. The Morgan fingerprint density at radius 3 is 2.24 bits per heavy atom. The lowest BCUT2D eigenvalue weighted by Crippen LogP contribution is -1.97. The number of unbranched alkanes of at least 4 members (excludes halogenated alkanes) is 2. The van der Waals surface area contributed by atoms with Crippen molar-refractivity contribution in [3.63, 3.8) is 0 Å². The van der Waals surface area contributed by atoms with Gasteiger partial charge in [0.25, 0.3) is 0 Å². The van der Waals surface area contributed by atoms with Crippen LogP contribution in [0.1, 0.15) is 39.5 Å². The van der Waals surface area contributed by atoms with E-state index < -0.39 is 0 Å². The molecule has 0 radical (unpaired) electrons. The third kappa shape index (κ3) is 9.68. The van der Waals surface area contributed by atoms with Crippen molar-refractivity contribution < 1.29 is 4.74 Å². The highest BCUT2D eigenvalue weighted by Crippen LogP contribution is 2.11. The smallest absolute Gasteiger partial charge is 0.119 e. The highest BCUT2D eigenvalue weighted by molar-refractivity contribution is 5.20. The summed E-state index contributed by atoms with van der Waals surface area (Å²) in [5.74, 6) is 1.82. The van der Waals surface area contributed by atoms with E-state index >= 15 is 0 Å². The molecule has 0 amide bonds. The van der Waals surface area contributed by atoms with Gasteiger partial charge >= 0.3 is 0 Å². The Balaban J connectivity index is 0.00000121. The Morgan fingerprint density at radius 1 is 1.00 bits per heavy atom. The van der Waals surface area contributed by atoms with Gasteiger partial charge in [-0.25, -0.2) is 0 Å². The Bertz CT molecular complexity index is 253. The van der Waals surface area contributed by atoms with Gasteiger partial charge in [0.1, 0.15) is 5.75 Å². The topological polar surface area (TPSA) is 9.23 Å². The van der Waals surface area contributed by atoms with Gasteiger partial charge in [-0.1, -0.05) is 51.3 Å². The van der Waals surface area contributed by atoms with Crippen LogP contribution in [0.3, 0.4) is 0 Å². The predicted molar refractivity (Wildman–Crippen MR) is 76.5 cm³/mol. The Morgan fingerprint density at radius 2 is 1.65 bits per heavy atom. The third-order valence-corrected chi connectivity index (χ3v) is 2.44. The minimum atomic E-state index is 0.833. The second-order valence-corrected chi connectivity index (χ2v) is 4.40. The average Bonchev–Trinajstić information content (AvgIpc) is 2.37. The van der Waals surface area contributed by atoms with E-state index in [1.807, 2.05) is 30.3 Å². The van der Waals surface area contributed by atoms with Crippen LogP contribution in [0.25, 0.3) is 0 Å². The van der Waals surface area contributed by atoms with Crippen LogP contribution in [0.4, 0.5) is 0 Å². The van der Waals surface area contributed by atoms with Crippen molar-refractivity contribution in [1.29, 1.82) is 0 Å². The fraction of sp³-hybridized carbons (Fsp3) is 0.500. The molecule has 0 heterocycles. The zero-order valence-corrected chi connectivity index (χ0v) is 11.3. The standard InChI is InChI=1S/C14H22O.C2H4/c1-13(2)9-5-4-8-12-15-14-10-6-3-7-11-14;1-2/h3,6-7,10-11,13H,4-5,8-9,12H2,1-2H3;1-2H2. The maximum atomic E-state index is 5.61. The Labute approximate surface area is 107 Å². The summed E-state index contributed by atoms with van der Waals surface area (Å²) >= 11 is 0. The SMILES string of the molecule is C=C.CC(C)CCCCCOc1ccccc1. The van der Waals surface area contributed by atoms with E-state index in [0.29, 0.717) is 0 Å². The highest BCUT2D eigenvalue weighted by atomic mass is 16.5. The van der Waals surface area contributed by atoms with Crippen molar-refractivity contribution in [1.82, 2.24) is 0 Å². The van der Waals surface area contributed by atoms with Gasteiger partial charge in [-0.05, 0) is 24.5 Å². The van der Waals surface area contributed by atoms with Gasteiger partial charge in [0, 0.05) is 0 Å². The van der Waals surface area contributed by atoms with Gasteiger partial charge in [0.05, 0.1) is 6.61 Å². The first-order chi connectivity index (χ1) is 8.29. The summed E-state index contributed by atoms with van der Waals surface area (Å²) in [5.41, 5.74) is 0. The predicted octanol–water partition coefficient (Wildman–Crippen LogP) is 5.08. The van der Waals surface area contributed by atoms with Crippen LogP contribution in [0, 0.1) is 5.92 Å². The first-order valence-electron chi connectivity index (χ1n) is 6.47. The van der Waals surface area contributed by atoms with Gasteiger partial charge in [-0.15, -0.1) is 13.2 Å². The molecule has 96 valence electrons. The van der Waals surface area contributed by atoms with Gasteiger partial charge in [-0.2, -0.15) is 0 Å². The number of para-hydroxylation sites is 1. The summed E-state index contributed by atoms with van der Waals surface area (Å²) in [6.07, 6.45) is 5.12. The molecule has 1 nitrogen and oxygen atoms in total. The zero-order chi connectivity index (χ0) is 12.9. The van der Waals surface area contributed by atoms with E-state index in [1.165, 1.54) is 25.7 Å². The van der Waals surface area contributed by atoms with Crippen molar-refractivity contribution in [2.24, 2.45) is 5.92 Å². The molecule has 0 unspecified atom stereocenters. The number of rotatable bonds is 7. The van der Waals surface area contributed by atoms with Crippen LogP contribution in [0.15, 0.2) is 43.5 Å². The monoisotopic (exact) mass is 234 g/mol. The molecule has 0 atom stereocenters. The maximum Gasteiger partial charge on any atom is 0.119 e. The zero-order valence-electron chi connectivity index (χ0n) is 11.3. The average molecular weight is 234 g/mol. The summed E-state index contributed by atoms with van der Waals surface area (Å²) in [6.45, 7) is 11.4. The van der Waals surface area contributed by atoms with E-state index in [0.717, 1.165) is 18.3 Å². The van der Waals surface area contributed by atoms with E-state index in [-0.39, 0.29) is 0 Å². The van der Waals surface area contributed by atoms with E-state index in [9.17, 15) is 0 Å². The fourth-order valence-electron chi connectivity index (χ4n) is 1.54. The number of hydrogen-bond donors (Lipinski definition) is 0. The molecule has 0 aromatic heterocycles. The molecule has 1 aromatic carbocycles. The lowest BCUT2D eigenvalue weighted by atomic mass is 10.1. The van der Waals surface area contributed by atoms with Crippen LogP contribution in [-0.2, 0) is 0 Å². The molecular weight excluding hydrogens is 208 g/mol. The molecule has 1 rings (SSSR count). The number of ether oxygens (including phenoxy) is 1. The second-order valence-electron chi connectivity index (χ2n) is 4.40. The summed E-state index contributed by atoms with van der Waals surface area (Å²) < 4.78 is 5.61. The maximum absolute atomic E-state index is 5.61. The van der Waals surface area contributed by atoms with Crippen LogP contribution >= 0.6 is 0 Å². The molecule has 0 fully saturated rings. The molecule has 17 heavy (non-hydrogen) atoms. The molecule has 0 N–H and O–H groups in total. The van der Waals surface area contributed by atoms with Crippen molar-refractivity contribution >= 4 is 0 Å². The molecule has 0 saturated heterocycles. The Hall–Kier alpha value is -1.24. The van der Waals surface area contributed by atoms with Gasteiger partial charge in [-0.3, -0.25) is 0 Å². The first kappa shape index (κ1) is 15.8. The van der Waals surface area contributed by atoms with Gasteiger partial charge < -0.3 is 4.74 Å². The molecule has 0 aliphatic heterocycles. The molecule has 0 aliphatic carbocycles. The summed E-state index contributed by atoms with van der Waals surface area (Å²) in [7, 11) is 0. The minimum absolute atomic E-state index is 0.833. The van der Waals surface area contributed by atoms with Crippen molar-refractivity contribution in [2.75, 3.05) is 6.61 Å². The molecule has 1 heteroatoms. The highest BCUT2D eigenvalue weighted by Gasteiger charge is 1.95. The van der Waals surface area contributed by atoms with E-state index in [4.69, 9.17) is 4.74 Å². The van der Waals surface area contributed by atoms with Crippen LogP contribution in [-0.4, -0.2) is 6.61 Å². The number of benzene rings is 1. The normalized spacial score (nSPS) is 9.59. The summed E-state index contributed by atoms with van der Waals surface area (Å²) in [4.78, 5) is 0. The molecule has 1 aromatic rings. The third-order valence-electron chi connectivity index (χ3n) is 2.44. The lowest BCUT2D eigenvalue weighted by molar-refractivity contribution is 0.303. The quantitative estimate of drug-likeness (QED) is 0.472. The first-order valence-corrected chi connectivity index (χ1v) is 6.47. The van der Waals surface area contributed by atoms with Crippen molar-refractivity contribution in [3.8, 4) is 5.75 Å². The van der Waals surface area contributed by atoms with Crippen LogP contribution < -0.4 is 4.74 Å². The van der Waals surface area contributed by atoms with Gasteiger partial charge in [0.15, 0.2) is 0 Å². The van der Waals surface area contributed by atoms with Crippen molar-refractivity contribution in [3.05, 3.63) is 43.5 Å². The van der Waals surface area contributed by atoms with Crippen LogP contribution in [0.2, 0.25) is 0 Å². The summed E-state index contributed by atoms with van der Waals surface area (Å²) in [6, 6.07) is 10.0. The number of hydrogen-bond acceptors (Lipinski definition) is 1. The minimum Gasteiger partial charge on any atom is -0.494 e. The van der Waals surface area contributed by atoms with Crippen LogP contribution in [0.5, 0.6) is 5.75 Å². The Kier molecular flexibility index (Phi) is 10.4. The molecule has 0 spiro atoms. The van der Waals surface area contributed by atoms with Gasteiger partial charge in [0.2, 0.25) is 0 Å². The van der Waals surface area contributed by atoms with E-state index in [2.05, 4.69) is 27.0 Å². The second kappa shape index (κ2) is 11.3. The molecule has 0 saturated carbocycles. The van der Waals surface area contributed by atoms with E-state index in [1.54, 1.807) is 0 Å². The summed E-state index contributed by atoms with van der Waals surface area (Å²) in [5, 5.41) is 0. The molecular formula is C16H26O. The molecule has 0 bridgehead atoms. The largest absolute Gasteiger partial charge is 0.494 e. The van der Waals surface area contributed by atoms with Crippen molar-refractivity contribution in [2.45, 2.75) is 39.5 Å².